The van der Waals surface area contributed by atoms with E-state index in [1.54, 1.807) is 12.1 Å². The first kappa shape index (κ1) is 12.6. The van der Waals surface area contributed by atoms with Gasteiger partial charge in [-0.05, 0) is 12.0 Å². The second-order valence-corrected chi connectivity index (χ2v) is 5.94. The van der Waals surface area contributed by atoms with Gasteiger partial charge in [-0.2, -0.15) is 5.10 Å². The minimum atomic E-state index is -3.46. The molecule has 0 aliphatic carbocycles. The van der Waals surface area contributed by atoms with Crippen LogP contribution in [0, 0.1) is 0 Å². The van der Waals surface area contributed by atoms with E-state index in [0.29, 0.717) is 12.1 Å². The van der Waals surface area contributed by atoms with E-state index in [4.69, 9.17) is 5.73 Å². The summed E-state index contributed by atoms with van der Waals surface area (Å²) < 4.78 is 24.6. The van der Waals surface area contributed by atoms with Crippen LogP contribution < -0.4 is 5.73 Å². The van der Waals surface area contributed by atoms with Crippen LogP contribution in [0.25, 0.3) is 0 Å². The number of sulfone groups is 1. The normalized spacial score (nSPS) is 11.6. The van der Waals surface area contributed by atoms with Crippen molar-refractivity contribution in [2.75, 3.05) is 5.73 Å². The summed E-state index contributed by atoms with van der Waals surface area (Å²) in [4.78, 5) is 0.133. The third-order valence-electron chi connectivity index (χ3n) is 2.68. The molecule has 0 atom stereocenters. The summed E-state index contributed by atoms with van der Waals surface area (Å²) >= 11 is 0. The van der Waals surface area contributed by atoms with Crippen LogP contribution in [0.3, 0.4) is 0 Å². The fourth-order valence-electron chi connectivity index (χ4n) is 1.84. The number of nitrogens with zero attached hydrogens (tertiary/aromatic N) is 1. The molecule has 5 nitrogen and oxygen atoms in total. The van der Waals surface area contributed by atoms with Crippen molar-refractivity contribution in [2.24, 2.45) is 0 Å². The minimum absolute atomic E-state index is 0.0442. The number of nitrogen functional groups attached to an aromatic ring is 1. The Kier molecular flexibility index (Phi) is 3.38. The van der Waals surface area contributed by atoms with E-state index in [1.807, 2.05) is 25.1 Å². The summed E-state index contributed by atoms with van der Waals surface area (Å²) in [5.41, 5.74) is 6.93. The van der Waals surface area contributed by atoms with Crippen LogP contribution in [0.1, 0.15) is 18.2 Å². The van der Waals surface area contributed by atoms with E-state index in [1.165, 1.54) is 0 Å². The third kappa shape index (κ3) is 2.38. The van der Waals surface area contributed by atoms with E-state index >= 15 is 0 Å². The zero-order chi connectivity index (χ0) is 13.2. The molecule has 6 heteroatoms. The standard InChI is InChI=1S/C12H15N3O2S/c1-2-10-11(12(13)15-14-10)18(16,17)8-9-6-4-3-5-7-9/h3-7H,2,8H2,1H3,(H3,13,14,15). The molecule has 96 valence electrons. The van der Waals surface area contributed by atoms with Gasteiger partial charge in [0.25, 0.3) is 0 Å². The Bertz CT molecular complexity index is 633. The molecule has 18 heavy (non-hydrogen) atoms. The molecule has 0 amide bonds. The first-order valence-electron chi connectivity index (χ1n) is 5.64. The molecule has 0 aliphatic rings. The maximum atomic E-state index is 12.3. The molecular formula is C12H15N3O2S. The number of benzene rings is 1. The van der Waals surface area contributed by atoms with E-state index in [2.05, 4.69) is 10.2 Å². The van der Waals surface area contributed by atoms with Crippen LogP contribution >= 0.6 is 0 Å². The van der Waals surface area contributed by atoms with Gasteiger partial charge >= 0.3 is 0 Å². The van der Waals surface area contributed by atoms with E-state index in [0.717, 1.165) is 5.56 Å². The predicted molar refractivity (Wildman–Crippen MR) is 69.7 cm³/mol. The summed E-state index contributed by atoms with van der Waals surface area (Å²) in [5.74, 6) is -0.0207. The Morgan fingerprint density at radius 1 is 1.28 bits per heavy atom. The van der Waals surface area contributed by atoms with Gasteiger partial charge in [0.05, 0.1) is 11.4 Å². The monoisotopic (exact) mass is 265 g/mol. The Morgan fingerprint density at radius 2 is 1.94 bits per heavy atom. The van der Waals surface area contributed by atoms with Crippen molar-refractivity contribution >= 4 is 15.7 Å². The third-order valence-corrected chi connectivity index (χ3v) is 4.47. The summed E-state index contributed by atoms with van der Waals surface area (Å²) in [6.07, 6.45) is 0.549. The van der Waals surface area contributed by atoms with E-state index in [-0.39, 0.29) is 16.5 Å². The van der Waals surface area contributed by atoms with Gasteiger partial charge in [0.2, 0.25) is 0 Å². The molecule has 3 N–H and O–H groups in total. The fraction of sp³-hybridized carbons (Fsp3) is 0.250. The molecule has 0 radical (unpaired) electrons. The minimum Gasteiger partial charge on any atom is -0.381 e. The first-order valence-corrected chi connectivity index (χ1v) is 7.29. The van der Waals surface area contributed by atoms with Gasteiger partial charge in [0.15, 0.2) is 15.7 Å². The fourth-order valence-corrected chi connectivity index (χ4v) is 3.54. The molecule has 0 aliphatic heterocycles. The molecule has 2 aromatic rings. The molecule has 0 fully saturated rings. The Labute approximate surface area is 106 Å². The van der Waals surface area contributed by atoms with Gasteiger partial charge in [-0.25, -0.2) is 8.42 Å². The van der Waals surface area contributed by atoms with Gasteiger partial charge in [0, 0.05) is 0 Å². The number of anilines is 1. The highest BCUT2D eigenvalue weighted by molar-refractivity contribution is 7.90. The van der Waals surface area contributed by atoms with Gasteiger partial charge in [-0.15, -0.1) is 0 Å². The lowest BCUT2D eigenvalue weighted by atomic mass is 10.2. The smallest absolute Gasteiger partial charge is 0.188 e. The highest BCUT2D eigenvalue weighted by atomic mass is 32.2. The second-order valence-electron chi connectivity index (χ2n) is 4.01. The molecule has 0 saturated heterocycles. The Hall–Kier alpha value is -1.82. The molecule has 1 aromatic carbocycles. The number of rotatable bonds is 4. The highest BCUT2D eigenvalue weighted by Crippen LogP contribution is 2.24. The lowest BCUT2D eigenvalue weighted by molar-refractivity contribution is 0.594. The molecular weight excluding hydrogens is 250 g/mol. The molecule has 0 unspecified atom stereocenters. The zero-order valence-corrected chi connectivity index (χ0v) is 10.9. The summed E-state index contributed by atoms with van der Waals surface area (Å²) in [7, 11) is -3.46. The van der Waals surface area contributed by atoms with Gasteiger partial charge in [0.1, 0.15) is 4.90 Å². The summed E-state index contributed by atoms with van der Waals surface area (Å²) in [5, 5.41) is 6.43. The number of aromatic nitrogens is 2. The Balaban J connectivity index is 2.40. The van der Waals surface area contributed by atoms with Crippen LogP contribution in [-0.2, 0) is 22.0 Å². The van der Waals surface area contributed by atoms with E-state index in [9.17, 15) is 8.42 Å². The number of nitrogens with one attached hydrogen (secondary N) is 1. The van der Waals surface area contributed by atoms with Crippen LogP contribution in [0.5, 0.6) is 0 Å². The lowest BCUT2D eigenvalue weighted by Gasteiger charge is -2.05. The molecule has 1 aromatic heterocycles. The first-order chi connectivity index (χ1) is 8.54. The average Bonchev–Trinajstić information content (AvgIpc) is 2.72. The van der Waals surface area contributed by atoms with Crippen molar-refractivity contribution < 1.29 is 8.42 Å². The van der Waals surface area contributed by atoms with Gasteiger partial charge in [-0.1, -0.05) is 37.3 Å². The number of hydrogen-bond acceptors (Lipinski definition) is 4. The summed E-state index contributed by atoms with van der Waals surface area (Å²) in [6, 6.07) is 9.02. The van der Waals surface area contributed by atoms with Crippen molar-refractivity contribution in [3.63, 3.8) is 0 Å². The summed E-state index contributed by atoms with van der Waals surface area (Å²) in [6.45, 7) is 1.86. The number of nitrogens with two attached hydrogens (primary N) is 1. The van der Waals surface area contributed by atoms with Crippen LogP contribution in [0.4, 0.5) is 5.82 Å². The Morgan fingerprint density at radius 3 is 2.56 bits per heavy atom. The predicted octanol–water partition coefficient (Wildman–Crippen LogP) is 1.53. The highest BCUT2D eigenvalue weighted by Gasteiger charge is 2.24. The van der Waals surface area contributed by atoms with Crippen molar-refractivity contribution in [1.82, 2.24) is 10.2 Å². The maximum absolute atomic E-state index is 12.3. The van der Waals surface area contributed by atoms with Crippen molar-refractivity contribution in [1.29, 1.82) is 0 Å². The van der Waals surface area contributed by atoms with Crippen LogP contribution in [0.15, 0.2) is 35.2 Å². The SMILES string of the molecule is CCc1[nH]nc(N)c1S(=O)(=O)Cc1ccccc1. The molecule has 1 heterocycles. The topological polar surface area (TPSA) is 88.8 Å². The van der Waals surface area contributed by atoms with Crippen molar-refractivity contribution in [3.8, 4) is 0 Å². The number of H-pyrrole nitrogens is 1. The molecule has 0 saturated carbocycles. The van der Waals surface area contributed by atoms with Crippen molar-refractivity contribution in [3.05, 3.63) is 41.6 Å². The number of aryl methyl sites for hydroxylation is 1. The quantitative estimate of drug-likeness (QED) is 0.877. The lowest BCUT2D eigenvalue weighted by Crippen LogP contribution is -2.08. The maximum Gasteiger partial charge on any atom is 0.188 e. The van der Waals surface area contributed by atoms with Crippen LogP contribution in [0.2, 0.25) is 0 Å². The van der Waals surface area contributed by atoms with Crippen LogP contribution in [-0.4, -0.2) is 18.6 Å². The number of aromatic amines is 1. The largest absolute Gasteiger partial charge is 0.381 e. The molecule has 2 rings (SSSR count). The molecule has 0 spiro atoms. The zero-order valence-electron chi connectivity index (χ0n) is 10.1. The average molecular weight is 265 g/mol. The molecule has 0 bridgehead atoms. The van der Waals surface area contributed by atoms with Gasteiger partial charge < -0.3 is 5.73 Å². The van der Waals surface area contributed by atoms with Gasteiger partial charge in [-0.3, -0.25) is 5.10 Å². The van der Waals surface area contributed by atoms with Crippen molar-refractivity contribution in [2.45, 2.75) is 24.0 Å². The van der Waals surface area contributed by atoms with E-state index < -0.39 is 9.84 Å². The second kappa shape index (κ2) is 4.81. The number of hydrogen-bond donors (Lipinski definition) is 2.